The highest BCUT2D eigenvalue weighted by Crippen LogP contribution is 2.26. The predicted molar refractivity (Wildman–Crippen MR) is 105 cm³/mol. The van der Waals surface area contributed by atoms with Crippen molar-refractivity contribution in [1.29, 1.82) is 0 Å². The van der Waals surface area contributed by atoms with Gasteiger partial charge < -0.3 is 4.98 Å². The molecule has 0 bridgehead atoms. The minimum Gasteiger partial charge on any atom is -0.349 e. The first-order chi connectivity index (χ1) is 12.7. The average molecular weight is 367 g/mol. The maximum atomic E-state index is 13.3. The maximum Gasteiger partial charge on any atom is 0.283 e. The number of hydrogen-bond donors (Lipinski definition) is 1. The van der Waals surface area contributed by atoms with Gasteiger partial charge in [0.25, 0.3) is 5.56 Å². The Morgan fingerprint density at radius 3 is 2.69 bits per heavy atom. The lowest BCUT2D eigenvalue weighted by molar-refractivity contribution is 0.627. The van der Waals surface area contributed by atoms with Crippen LogP contribution >= 0.6 is 11.8 Å². The summed E-state index contributed by atoms with van der Waals surface area (Å²) in [7, 11) is 0. The van der Waals surface area contributed by atoms with Crippen LogP contribution in [0.3, 0.4) is 0 Å². The first-order valence-corrected chi connectivity index (χ1v) is 9.60. The van der Waals surface area contributed by atoms with Gasteiger partial charge in [0.2, 0.25) is 0 Å². The molecule has 2 heterocycles. The molecule has 0 spiro atoms. The van der Waals surface area contributed by atoms with E-state index in [4.69, 9.17) is 4.98 Å². The van der Waals surface area contributed by atoms with Gasteiger partial charge in [-0.2, -0.15) is 0 Å². The number of hydrogen-bond acceptors (Lipinski definition) is 3. The molecule has 1 N–H and O–H groups in total. The molecule has 0 saturated carbocycles. The Labute approximate surface area is 154 Å². The molecular formula is C20H18FN3OS. The van der Waals surface area contributed by atoms with E-state index in [-0.39, 0.29) is 11.4 Å². The predicted octanol–water partition coefficient (Wildman–Crippen LogP) is 4.90. The molecule has 4 aromatic rings. The van der Waals surface area contributed by atoms with Gasteiger partial charge in [0.15, 0.2) is 5.16 Å². The Hall–Kier alpha value is -2.60. The molecule has 26 heavy (non-hydrogen) atoms. The molecule has 0 unspecified atom stereocenters. The number of H-pyrrole nitrogens is 1. The van der Waals surface area contributed by atoms with Crippen molar-refractivity contribution in [2.75, 3.05) is 5.75 Å². The Morgan fingerprint density at radius 1 is 1.15 bits per heavy atom. The quantitative estimate of drug-likeness (QED) is 0.310. The second kappa shape index (κ2) is 6.96. The molecule has 4 rings (SSSR count). The molecule has 0 atom stereocenters. The van der Waals surface area contributed by atoms with Crippen molar-refractivity contribution in [3.05, 3.63) is 64.7 Å². The zero-order valence-electron chi connectivity index (χ0n) is 14.3. The summed E-state index contributed by atoms with van der Waals surface area (Å²) in [6.45, 7) is 2.13. The highest BCUT2D eigenvalue weighted by molar-refractivity contribution is 7.99. The van der Waals surface area contributed by atoms with Crippen LogP contribution in [0.15, 0.2) is 58.5 Å². The SMILES string of the molecule is CCCCSc1nc2c([nH]c3ccccc32)c(=O)n1-c1ccc(F)cc1. The Kier molecular flexibility index (Phi) is 4.51. The smallest absolute Gasteiger partial charge is 0.283 e. The molecule has 0 aliphatic carbocycles. The van der Waals surface area contributed by atoms with Gasteiger partial charge in [-0.05, 0) is 36.8 Å². The largest absolute Gasteiger partial charge is 0.349 e. The van der Waals surface area contributed by atoms with E-state index in [2.05, 4.69) is 11.9 Å². The number of nitrogens with one attached hydrogen (secondary N) is 1. The van der Waals surface area contributed by atoms with E-state index in [1.165, 1.54) is 12.1 Å². The van der Waals surface area contributed by atoms with Gasteiger partial charge in [-0.3, -0.25) is 9.36 Å². The van der Waals surface area contributed by atoms with Crippen LogP contribution in [-0.2, 0) is 0 Å². The van der Waals surface area contributed by atoms with Gasteiger partial charge in [-0.1, -0.05) is 43.3 Å². The molecule has 0 aliphatic heterocycles. The molecule has 2 aromatic carbocycles. The summed E-state index contributed by atoms with van der Waals surface area (Å²) in [4.78, 5) is 21.2. The summed E-state index contributed by atoms with van der Waals surface area (Å²) in [6.07, 6.45) is 2.11. The average Bonchev–Trinajstić information content (AvgIpc) is 3.03. The van der Waals surface area contributed by atoms with Crippen LogP contribution in [0.2, 0.25) is 0 Å². The van der Waals surface area contributed by atoms with E-state index in [1.807, 2.05) is 24.3 Å². The number of aromatic nitrogens is 3. The highest BCUT2D eigenvalue weighted by Gasteiger charge is 2.17. The summed E-state index contributed by atoms with van der Waals surface area (Å²) in [6, 6.07) is 13.7. The lowest BCUT2D eigenvalue weighted by Crippen LogP contribution is -2.21. The zero-order chi connectivity index (χ0) is 18.1. The number of rotatable bonds is 5. The van der Waals surface area contributed by atoms with Gasteiger partial charge in [-0.25, -0.2) is 9.37 Å². The number of aromatic amines is 1. The molecule has 6 heteroatoms. The summed E-state index contributed by atoms with van der Waals surface area (Å²) >= 11 is 1.56. The van der Waals surface area contributed by atoms with Crippen molar-refractivity contribution < 1.29 is 4.39 Å². The lowest BCUT2D eigenvalue weighted by atomic mass is 10.2. The van der Waals surface area contributed by atoms with Crippen LogP contribution in [0.4, 0.5) is 4.39 Å². The van der Waals surface area contributed by atoms with Crippen LogP contribution in [0.1, 0.15) is 19.8 Å². The van der Waals surface area contributed by atoms with Crippen LogP contribution in [-0.4, -0.2) is 20.3 Å². The summed E-state index contributed by atoms with van der Waals surface area (Å²) in [5.41, 5.74) is 2.48. The third-order valence-corrected chi connectivity index (χ3v) is 5.33. The first-order valence-electron chi connectivity index (χ1n) is 8.61. The van der Waals surface area contributed by atoms with E-state index in [0.717, 1.165) is 29.5 Å². The number of halogens is 1. The maximum absolute atomic E-state index is 13.3. The molecule has 0 saturated heterocycles. The zero-order valence-corrected chi connectivity index (χ0v) is 15.1. The molecular weight excluding hydrogens is 349 g/mol. The Morgan fingerprint density at radius 2 is 1.92 bits per heavy atom. The number of unbranched alkanes of at least 4 members (excludes halogenated alkanes) is 1. The minimum absolute atomic E-state index is 0.170. The summed E-state index contributed by atoms with van der Waals surface area (Å²) < 4.78 is 14.9. The lowest BCUT2D eigenvalue weighted by Gasteiger charge is -2.12. The van der Waals surface area contributed by atoms with E-state index in [0.29, 0.717) is 21.9 Å². The van der Waals surface area contributed by atoms with Crippen LogP contribution in [0.5, 0.6) is 0 Å². The van der Waals surface area contributed by atoms with Crippen molar-refractivity contribution in [3.63, 3.8) is 0 Å². The van der Waals surface area contributed by atoms with Crippen molar-refractivity contribution >= 4 is 33.7 Å². The fourth-order valence-corrected chi connectivity index (χ4v) is 4.05. The monoisotopic (exact) mass is 367 g/mol. The Bertz CT molecular complexity index is 1130. The molecule has 0 aliphatic rings. The van der Waals surface area contributed by atoms with Crippen LogP contribution < -0.4 is 5.56 Å². The number of fused-ring (bicyclic) bond motifs is 3. The van der Waals surface area contributed by atoms with Crippen LogP contribution in [0.25, 0.3) is 27.6 Å². The van der Waals surface area contributed by atoms with Gasteiger partial charge in [0.05, 0.1) is 5.69 Å². The molecule has 0 amide bonds. The number of thioether (sulfide) groups is 1. The highest BCUT2D eigenvalue weighted by atomic mass is 32.2. The van der Waals surface area contributed by atoms with E-state index < -0.39 is 0 Å². The third kappa shape index (κ3) is 2.90. The van der Waals surface area contributed by atoms with Crippen molar-refractivity contribution in [1.82, 2.24) is 14.5 Å². The molecule has 2 aromatic heterocycles. The number of benzene rings is 2. The fraction of sp³-hybridized carbons (Fsp3) is 0.200. The Balaban J connectivity index is 1.99. The topological polar surface area (TPSA) is 50.7 Å². The van der Waals surface area contributed by atoms with E-state index in [9.17, 15) is 9.18 Å². The normalized spacial score (nSPS) is 11.5. The number of para-hydroxylation sites is 1. The van der Waals surface area contributed by atoms with Crippen molar-refractivity contribution in [2.24, 2.45) is 0 Å². The van der Waals surface area contributed by atoms with Crippen molar-refractivity contribution in [2.45, 2.75) is 24.9 Å². The van der Waals surface area contributed by atoms with Gasteiger partial charge >= 0.3 is 0 Å². The summed E-state index contributed by atoms with van der Waals surface area (Å²) in [5, 5.41) is 1.57. The van der Waals surface area contributed by atoms with Crippen molar-refractivity contribution in [3.8, 4) is 5.69 Å². The van der Waals surface area contributed by atoms with Gasteiger partial charge in [0.1, 0.15) is 16.9 Å². The van der Waals surface area contributed by atoms with Gasteiger partial charge in [0, 0.05) is 16.7 Å². The fourth-order valence-electron chi connectivity index (χ4n) is 2.96. The minimum atomic E-state index is -0.332. The second-order valence-corrected chi connectivity index (χ2v) is 7.17. The standard InChI is InChI=1S/C20H18FN3OS/c1-2-3-12-26-20-23-17-15-6-4-5-7-16(15)22-18(17)19(25)24(20)14-10-8-13(21)9-11-14/h4-11,22H,2-3,12H2,1H3. The molecule has 4 nitrogen and oxygen atoms in total. The number of nitrogens with zero attached hydrogens (tertiary/aromatic N) is 2. The first kappa shape index (κ1) is 16.8. The van der Waals surface area contributed by atoms with E-state index in [1.54, 1.807) is 28.5 Å². The molecule has 0 radical (unpaired) electrons. The summed E-state index contributed by atoms with van der Waals surface area (Å²) in [5.74, 6) is 0.541. The molecule has 132 valence electrons. The third-order valence-electron chi connectivity index (χ3n) is 4.31. The second-order valence-electron chi connectivity index (χ2n) is 6.11. The van der Waals surface area contributed by atoms with E-state index >= 15 is 0 Å². The van der Waals surface area contributed by atoms with Gasteiger partial charge in [-0.15, -0.1) is 0 Å². The van der Waals surface area contributed by atoms with Crippen LogP contribution in [0, 0.1) is 5.82 Å². The molecule has 0 fully saturated rings.